The van der Waals surface area contributed by atoms with Gasteiger partial charge in [-0.2, -0.15) is 5.10 Å². The first-order valence-electron chi connectivity index (χ1n) is 6.97. The molecule has 0 amide bonds. The minimum Gasteiger partial charge on any atom is -0.343 e. The van der Waals surface area contributed by atoms with Gasteiger partial charge in [0.15, 0.2) is 0 Å². The second-order valence-corrected chi connectivity index (χ2v) is 5.15. The Bertz CT molecular complexity index is 708. The molecule has 0 aliphatic heterocycles. The van der Waals surface area contributed by atoms with Crippen molar-refractivity contribution >= 4 is 10.9 Å². The van der Waals surface area contributed by atoms with Crippen LogP contribution in [0, 0.1) is 0 Å². The summed E-state index contributed by atoms with van der Waals surface area (Å²) in [4.78, 5) is 0. The number of fused-ring (bicyclic) bond motifs is 1. The standard InChI is InChI=1S/C16H20N4/c1-17-11-15-9-14-5-3-4-6-16(14)20(15)8-7-13-10-18-19(2)12-13/h3-6,9-10,12,17H,7-8,11H2,1-2H3. The molecule has 0 bridgehead atoms. The molecule has 0 saturated carbocycles. The van der Waals surface area contributed by atoms with Gasteiger partial charge in [-0.3, -0.25) is 4.68 Å². The van der Waals surface area contributed by atoms with Gasteiger partial charge in [-0.15, -0.1) is 0 Å². The lowest BCUT2D eigenvalue weighted by Gasteiger charge is -2.10. The Morgan fingerprint density at radius 3 is 2.85 bits per heavy atom. The molecule has 4 heteroatoms. The van der Waals surface area contributed by atoms with Gasteiger partial charge in [0, 0.05) is 37.5 Å². The van der Waals surface area contributed by atoms with Crippen molar-refractivity contribution in [1.82, 2.24) is 19.7 Å². The normalized spacial score (nSPS) is 11.3. The third-order valence-electron chi connectivity index (χ3n) is 3.64. The van der Waals surface area contributed by atoms with E-state index in [0.717, 1.165) is 19.5 Å². The molecule has 2 aromatic heterocycles. The molecular formula is C16H20N4. The molecule has 0 fully saturated rings. The van der Waals surface area contributed by atoms with Crippen LogP contribution in [0.1, 0.15) is 11.3 Å². The van der Waals surface area contributed by atoms with Crippen LogP contribution in [0.25, 0.3) is 10.9 Å². The van der Waals surface area contributed by atoms with Crippen LogP contribution in [0.4, 0.5) is 0 Å². The summed E-state index contributed by atoms with van der Waals surface area (Å²) in [6.07, 6.45) is 5.04. The van der Waals surface area contributed by atoms with Gasteiger partial charge in [0.1, 0.15) is 0 Å². The minimum absolute atomic E-state index is 0.891. The van der Waals surface area contributed by atoms with Gasteiger partial charge in [0.2, 0.25) is 0 Å². The highest BCUT2D eigenvalue weighted by Crippen LogP contribution is 2.20. The Morgan fingerprint density at radius 1 is 1.25 bits per heavy atom. The van der Waals surface area contributed by atoms with Crippen LogP contribution in [0.15, 0.2) is 42.7 Å². The summed E-state index contributed by atoms with van der Waals surface area (Å²) in [5.41, 5.74) is 3.92. The molecule has 3 aromatic rings. The molecule has 0 aliphatic rings. The van der Waals surface area contributed by atoms with Gasteiger partial charge in [0.05, 0.1) is 6.20 Å². The summed E-state index contributed by atoms with van der Waals surface area (Å²) in [7, 11) is 3.95. The summed E-state index contributed by atoms with van der Waals surface area (Å²) in [5, 5.41) is 8.79. The van der Waals surface area contributed by atoms with Crippen molar-refractivity contribution in [2.75, 3.05) is 7.05 Å². The lowest BCUT2D eigenvalue weighted by atomic mass is 10.2. The van der Waals surface area contributed by atoms with Gasteiger partial charge >= 0.3 is 0 Å². The van der Waals surface area contributed by atoms with Gasteiger partial charge in [-0.05, 0) is 36.6 Å². The third kappa shape index (κ3) is 2.47. The SMILES string of the molecule is CNCc1cc2ccccc2n1CCc1cnn(C)c1. The zero-order valence-electron chi connectivity index (χ0n) is 12.0. The molecule has 1 N–H and O–H groups in total. The topological polar surface area (TPSA) is 34.8 Å². The van der Waals surface area contributed by atoms with E-state index < -0.39 is 0 Å². The fourth-order valence-corrected chi connectivity index (χ4v) is 2.70. The second kappa shape index (κ2) is 5.51. The van der Waals surface area contributed by atoms with Crippen molar-refractivity contribution in [2.45, 2.75) is 19.5 Å². The number of aryl methyl sites for hydroxylation is 3. The average molecular weight is 268 g/mol. The lowest BCUT2D eigenvalue weighted by molar-refractivity contribution is 0.655. The summed E-state index contributed by atoms with van der Waals surface area (Å²) >= 11 is 0. The van der Waals surface area contributed by atoms with Crippen LogP contribution in [-0.2, 0) is 26.6 Å². The van der Waals surface area contributed by atoms with Gasteiger partial charge < -0.3 is 9.88 Å². The van der Waals surface area contributed by atoms with Crippen LogP contribution in [0.2, 0.25) is 0 Å². The Hall–Kier alpha value is -2.07. The predicted octanol–water partition coefficient (Wildman–Crippen LogP) is 2.34. The summed E-state index contributed by atoms with van der Waals surface area (Å²) < 4.78 is 4.26. The van der Waals surface area contributed by atoms with Gasteiger partial charge in [-0.1, -0.05) is 18.2 Å². The number of hydrogen-bond acceptors (Lipinski definition) is 2. The van der Waals surface area contributed by atoms with Crippen molar-refractivity contribution < 1.29 is 0 Å². The van der Waals surface area contributed by atoms with Crippen LogP contribution in [-0.4, -0.2) is 21.4 Å². The smallest absolute Gasteiger partial charge is 0.0522 e. The van der Waals surface area contributed by atoms with Crippen molar-refractivity contribution in [3.63, 3.8) is 0 Å². The Morgan fingerprint density at radius 2 is 2.10 bits per heavy atom. The molecule has 0 atom stereocenters. The Kier molecular flexibility index (Phi) is 3.56. The molecule has 0 unspecified atom stereocenters. The number of para-hydroxylation sites is 1. The second-order valence-electron chi connectivity index (χ2n) is 5.15. The number of nitrogens with zero attached hydrogens (tertiary/aromatic N) is 3. The zero-order valence-corrected chi connectivity index (χ0v) is 12.0. The Labute approximate surface area is 119 Å². The molecule has 2 heterocycles. The lowest BCUT2D eigenvalue weighted by Crippen LogP contribution is -2.12. The first kappa shape index (κ1) is 12.9. The number of aromatic nitrogens is 3. The highest BCUT2D eigenvalue weighted by Gasteiger charge is 2.08. The summed E-state index contributed by atoms with van der Waals surface area (Å²) in [6.45, 7) is 1.87. The highest BCUT2D eigenvalue weighted by molar-refractivity contribution is 5.81. The summed E-state index contributed by atoms with van der Waals surface area (Å²) in [5.74, 6) is 0. The number of nitrogens with one attached hydrogen (secondary N) is 1. The van der Waals surface area contributed by atoms with E-state index in [-0.39, 0.29) is 0 Å². The molecule has 20 heavy (non-hydrogen) atoms. The number of benzene rings is 1. The largest absolute Gasteiger partial charge is 0.343 e. The van der Waals surface area contributed by atoms with Crippen LogP contribution >= 0.6 is 0 Å². The monoisotopic (exact) mass is 268 g/mol. The van der Waals surface area contributed by atoms with E-state index in [1.165, 1.54) is 22.2 Å². The van der Waals surface area contributed by atoms with E-state index >= 15 is 0 Å². The predicted molar refractivity (Wildman–Crippen MR) is 81.6 cm³/mol. The van der Waals surface area contributed by atoms with E-state index in [9.17, 15) is 0 Å². The zero-order chi connectivity index (χ0) is 13.9. The highest BCUT2D eigenvalue weighted by atomic mass is 15.2. The maximum Gasteiger partial charge on any atom is 0.0522 e. The maximum absolute atomic E-state index is 4.23. The molecule has 0 saturated heterocycles. The van der Waals surface area contributed by atoms with E-state index in [1.54, 1.807) is 0 Å². The molecule has 4 nitrogen and oxygen atoms in total. The molecule has 0 spiro atoms. The van der Waals surface area contributed by atoms with Crippen LogP contribution in [0.5, 0.6) is 0 Å². The maximum atomic E-state index is 4.23. The van der Waals surface area contributed by atoms with E-state index in [0.29, 0.717) is 0 Å². The van der Waals surface area contributed by atoms with Gasteiger partial charge in [0.25, 0.3) is 0 Å². The van der Waals surface area contributed by atoms with Crippen molar-refractivity contribution in [3.05, 3.63) is 54.0 Å². The van der Waals surface area contributed by atoms with Crippen LogP contribution < -0.4 is 5.32 Å². The number of hydrogen-bond donors (Lipinski definition) is 1. The Balaban J connectivity index is 1.90. The quantitative estimate of drug-likeness (QED) is 0.771. The van der Waals surface area contributed by atoms with E-state index in [4.69, 9.17) is 0 Å². The molecule has 1 aromatic carbocycles. The molecule has 0 aliphatic carbocycles. The van der Waals surface area contributed by atoms with Crippen LogP contribution in [0.3, 0.4) is 0 Å². The fourth-order valence-electron chi connectivity index (χ4n) is 2.70. The van der Waals surface area contributed by atoms with Crippen molar-refractivity contribution in [2.24, 2.45) is 7.05 Å². The van der Waals surface area contributed by atoms with E-state index in [2.05, 4.69) is 51.5 Å². The first-order chi connectivity index (χ1) is 9.78. The third-order valence-corrected chi connectivity index (χ3v) is 3.64. The fraction of sp³-hybridized carbons (Fsp3) is 0.312. The first-order valence-corrected chi connectivity index (χ1v) is 6.97. The minimum atomic E-state index is 0.891. The molecule has 0 radical (unpaired) electrons. The number of rotatable bonds is 5. The molecule has 3 rings (SSSR count). The van der Waals surface area contributed by atoms with Crippen molar-refractivity contribution in [3.8, 4) is 0 Å². The molecule has 104 valence electrons. The average Bonchev–Trinajstić information content (AvgIpc) is 3.00. The van der Waals surface area contributed by atoms with Crippen molar-refractivity contribution in [1.29, 1.82) is 0 Å². The van der Waals surface area contributed by atoms with E-state index in [1.807, 2.05) is 25.0 Å². The molecular weight excluding hydrogens is 248 g/mol. The summed E-state index contributed by atoms with van der Waals surface area (Å²) in [6, 6.07) is 10.8. The van der Waals surface area contributed by atoms with Gasteiger partial charge in [-0.25, -0.2) is 0 Å².